The van der Waals surface area contributed by atoms with Crippen LogP contribution in [-0.2, 0) is 25.5 Å². The summed E-state index contributed by atoms with van der Waals surface area (Å²) in [6, 6.07) is 0.129. The molecule has 0 spiro atoms. The average molecular weight is 959 g/mol. The molecule has 2 amide bonds. The summed E-state index contributed by atoms with van der Waals surface area (Å²) in [4.78, 5) is 44.3. The van der Waals surface area contributed by atoms with E-state index in [0.29, 0.717) is 34.6 Å². The number of phenolic OH excluding ortho intramolecular Hbond substituents is 2. The Morgan fingerprint density at radius 2 is 1.77 bits per heavy atom. The fourth-order valence-electron chi connectivity index (χ4n) is 8.82. The molecule has 2 saturated heterocycles. The van der Waals surface area contributed by atoms with Gasteiger partial charge in [0.25, 0.3) is 0 Å². The Bertz CT molecular complexity index is 1930. The number of fused-ring (bicyclic) bond motifs is 10. The molecule has 6 aliphatic heterocycles. The Morgan fingerprint density at radius 1 is 1.08 bits per heavy atom. The van der Waals surface area contributed by atoms with Crippen LogP contribution in [0.4, 0.5) is 0 Å². The van der Waals surface area contributed by atoms with Crippen molar-refractivity contribution in [2.75, 3.05) is 26.2 Å². The molecule has 15 heteroatoms. The number of ether oxygens (including phenoxy) is 3. The van der Waals surface area contributed by atoms with Gasteiger partial charge in [-0.1, -0.05) is 26.0 Å². The van der Waals surface area contributed by atoms with Crippen LogP contribution in [0.3, 0.4) is 0 Å². The summed E-state index contributed by atoms with van der Waals surface area (Å²) in [7, 11) is 1.98. The van der Waals surface area contributed by atoms with Crippen molar-refractivity contribution in [2.45, 2.75) is 95.5 Å². The normalized spacial score (nSPS) is 27.8. The molecule has 6 heterocycles. The number of nitriles is 1. The minimum Gasteiger partial charge on any atom is -0.507 e. The van der Waals surface area contributed by atoms with Gasteiger partial charge in [-0.25, -0.2) is 4.79 Å². The molecule has 0 aromatic heterocycles. The van der Waals surface area contributed by atoms with Gasteiger partial charge in [-0.2, -0.15) is 5.26 Å². The Balaban J connectivity index is 0.00000481. The fourth-order valence-corrected chi connectivity index (χ4v) is 10.3. The van der Waals surface area contributed by atoms with Gasteiger partial charge in [0.15, 0.2) is 11.5 Å². The van der Waals surface area contributed by atoms with E-state index >= 15 is 0 Å². The topological polar surface area (TPSA) is 174 Å². The summed E-state index contributed by atoms with van der Waals surface area (Å²) in [5, 5.41) is 39.8. The van der Waals surface area contributed by atoms with Gasteiger partial charge >= 0.3 is 5.97 Å². The number of carbonyl (C=O) groups is 3. The van der Waals surface area contributed by atoms with Crippen LogP contribution in [0.25, 0.3) is 0 Å². The predicted molar refractivity (Wildman–Crippen MR) is 192 cm³/mol. The quantitative estimate of drug-likeness (QED) is 0.254. The first kappa shape index (κ1) is 39.7. The number of aryl methyl sites for hydroxylation is 1. The number of carbonyl (C=O) groups excluding carboxylic acids is 3. The molecule has 2 fully saturated rings. The molecular weight excluding hydrogens is 914 g/mol. The summed E-state index contributed by atoms with van der Waals surface area (Å²) in [6.07, 6.45) is 3.44. The Hall–Kier alpha value is -3.01. The summed E-state index contributed by atoms with van der Waals surface area (Å²) in [6.45, 7) is 10.7. The third-order valence-electron chi connectivity index (χ3n) is 11.5. The second-order valence-electron chi connectivity index (χ2n) is 14.7. The predicted octanol–water partition coefficient (Wildman–Crippen LogP) is 3.51. The Labute approximate surface area is 349 Å². The zero-order chi connectivity index (χ0) is 37.3. The number of allylic oxidation sites excluding steroid dienone is 1. The number of hydrogen-bond acceptors (Lipinski definition) is 12. The molecular formula is C38H45AcN5O8S. The zero-order valence-electron chi connectivity index (χ0n) is 30.9. The number of rotatable bonds is 5. The zero-order valence-corrected chi connectivity index (χ0v) is 36.5. The molecule has 0 saturated carbocycles. The molecule has 8 atom stereocenters. The van der Waals surface area contributed by atoms with Crippen molar-refractivity contribution in [1.29, 1.82) is 5.26 Å². The molecule has 2 aromatic carbocycles. The van der Waals surface area contributed by atoms with Crippen molar-refractivity contribution >= 4 is 29.5 Å². The maximum absolute atomic E-state index is 13.9. The van der Waals surface area contributed by atoms with E-state index in [1.807, 2.05) is 20.9 Å². The standard InChI is InChI=1S/C38H45N5O8S.Ac/c1-8-9-25(44)41-29(16(2)3)37(47)40-21-14-52-36-28-27(35-34(50-15-51-35)19(6)33(28)46)24(13-49-38(21)48)43-23(12-39)22-11-20-10-17(4)18(5)32(45)26(20)30(31(36)43)42(22)7;/h8-10,16,21-24,29-31,36,45-46H,11,13-15H2,1-7H3,(H,40,47)(H,41,44);/b9-8+;/t21-,22+,23-,24+,29?,30+,31?,36+;/m0./s1. The van der Waals surface area contributed by atoms with Crippen LogP contribution in [0, 0.1) is 82.1 Å². The first-order valence-electron chi connectivity index (χ1n) is 17.7. The maximum atomic E-state index is 13.9. The smallest absolute Gasteiger partial charge is 0.329 e. The summed E-state index contributed by atoms with van der Waals surface area (Å²) >= 11 is 1.37. The van der Waals surface area contributed by atoms with Gasteiger partial charge in [-0.15, -0.1) is 11.8 Å². The van der Waals surface area contributed by atoms with Crippen molar-refractivity contribution < 1.29 is 82.9 Å². The van der Waals surface area contributed by atoms with E-state index in [1.165, 1.54) is 17.8 Å². The third kappa shape index (κ3) is 6.40. The van der Waals surface area contributed by atoms with Crippen LogP contribution in [0.15, 0.2) is 18.2 Å². The number of thioether (sulfide) groups is 1. The van der Waals surface area contributed by atoms with Gasteiger partial charge in [0, 0.05) is 84.2 Å². The molecule has 0 aliphatic carbocycles. The number of benzene rings is 2. The largest absolute Gasteiger partial charge is 0.507 e. The van der Waals surface area contributed by atoms with Gasteiger partial charge in [0.2, 0.25) is 18.6 Å². The first-order chi connectivity index (χ1) is 24.8. The minimum atomic E-state index is -1.09. The number of esters is 1. The maximum Gasteiger partial charge on any atom is 0.329 e. The number of piperazine rings is 1. The fraction of sp³-hybridized carbons (Fsp3) is 0.526. The second-order valence-corrected chi connectivity index (χ2v) is 15.9. The van der Waals surface area contributed by atoms with Crippen LogP contribution >= 0.6 is 11.8 Å². The molecule has 4 bridgehead atoms. The van der Waals surface area contributed by atoms with E-state index in [1.54, 1.807) is 33.8 Å². The summed E-state index contributed by atoms with van der Waals surface area (Å²) in [5.41, 5.74) is 5.22. The van der Waals surface area contributed by atoms with Gasteiger partial charge in [0.05, 0.1) is 23.4 Å². The van der Waals surface area contributed by atoms with Gasteiger partial charge in [-0.05, 0) is 69.8 Å². The molecule has 4 N–H and O–H groups in total. The van der Waals surface area contributed by atoms with E-state index in [0.717, 1.165) is 22.3 Å². The van der Waals surface area contributed by atoms with Crippen LogP contribution in [0.1, 0.15) is 77.0 Å². The Morgan fingerprint density at radius 3 is 2.45 bits per heavy atom. The number of likely N-dealkylation sites (N-methyl/N-ethyl adjacent to an activating group) is 1. The van der Waals surface area contributed by atoms with E-state index in [2.05, 4.69) is 32.6 Å². The second kappa shape index (κ2) is 15.3. The monoisotopic (exact) mass is 958 g/mol. The van der Waals surface area contributed by atoms with Gasteiger partial charge in [-0.3, -0.25) is 19.4 Å². The molecule has 6 aliphatic rings. The number of amides is 2. The van der Waals surface area contributed by atoms with E-state index in [9.17, 15) is 29.9 Å². The number of phenols is 2. The van der Waals surface area contributed by atoms with Crippen molar-refractivity contribution in [3.63, 3.8) is 0 Å². The van der Waals surface area contributed by atoms with Crippen molar-refractivity contribution in [3.05, 3.63) is 57.2 Å². The Kier molecular flexibility index (Phi) is 11.4. The number of aromatic hydroxyl groups is 2. The number of nitrogens with zero attached hydrogens (tertiary/aromatic N) is 3. The number of hydrogen-bond donors (Lipinski definition) is 4. The van der Waals surface area contributed by atoms with Crippen LogP contribution in [0.5, 0.6) is 23.0 Å². The van der Waals surface area contributed by atoms with Gasteiger partial charge < -0.3 is 35.1 Å². The van der Waals surface area contributed by atoms with Crippen LogP contribution in [-0.4, -0.2) is 94.2 Å². The van der Waals surface area contributed by atoms with Crippen molar-refractivity contribution in [1.82, 2.24) is 20.4 Å². The van der Waals surface area contributed by atoms with E-state index < -0.39 is 59.3 Å². The number of nitrogens with one attached hydrogen (secondary N) is 2. The first-order valence-corrected chi connectivity index (χ1v) is 18.7. The average Bonchev–Trinajstić information content (AvgIpc) is 3.60. The molecule has 53 heavy (non-hydrogen) atoms. The molecule has 2 unspecified atom stereocenters. The third-order valence-corrected chi connectivity index (χ3v) is 12.9. The van der Waals surface area contributed by atoms with Crippen molar-refractivity contribution in [3.8, 4) is 29.1 Å². The van der Waals surface area contributed by atoms with Gasteiger partial charge in [0.1, 0.15) is 36.2 Å². The van der Waals surface area contributed by atoms with E-state index in [4.69, 9.17) is 14.2 Å². The molecule has 1 radical (unpaired) electrons. The molecule has 279 valence electrons. The van der Waals surface area contributed by atoms with Crippen LogP contribution in [0.2, 0.25) is 0 Å². The molecule has 2 aromatic rings. The van der Waals surface area contributed by atoms with Crippen molar-refractivity contribution in [2.24, 2.45) is 5.92 Å². The minimum absolute atomic E-state index is 0. The summed E-state index contributed by atoms with van der Waals surface area (Å²) < 4.78 is 18.0. The SMILES string of the molecule is C/C=C/C(=O)NC(C(=O)N[C@H]1CS[C@@H]2c3c(O)c(C)c4c(c3[C@@H](COC1=O)N1C2[C@H]2c3c(cc(C)c(C)c3O)C[C@H]([C@@H]1C#N)N2C)OCO4)C(C)C.[Ac]. The molecule has 13 nitrogen and oxygen atoms in total. The summed E-state index contributed by atoms with van der Waals surface area (Å²) in [5.74, 6) is -0.738. The van der Waals surface area contributed by atoms with E-state index in [-0.39, 0.29) is 86.7 Å². The molecule has 8 rings (SSSR count). The van der Waals surface area contributed by atoms with Crippen LogP contribution < -0.4 is 20.1 Å².